The third-order valence-corrected chi connectivity index (χ3v) is 2.64. The van der Waals surface area contributed by atoms with E-state index < -0.39 is 12.3 Å². The molecular formula is C11H17NO4. The van der Waals surface area contributed by atoms with Gasteiger partial charge in [0.1, 0.15) is 6.10 Å². The van der Waals surface area contributed by atoms with Gasteiger partial charge in [-0.3, -0.25) is 4.79 Å². The second kappa shape index (κ2) is 6.15. The summed E-state index contributed by atoms with van der Waals surface area (Å²) in [5, 5.41) is 8.55. The Morgan fingerprint density at radius 3 is 2.88 bits per heavy atom. The van der Waals surface area contributed by atoms with Crippen molar-refractivity contribution in [1.82, 2.24) is 0 Å². The van der Waals surface area contributed by atoms with Gasteiger partial charge in [0.2, 0.25) is 5.91 Å². The summed E-state index contributed by atoms with van der Waals surface area (Å²) in [5.74, 6) is -0.226. The van der Waals surface area contributed by atoms with Crippen LogP contribution in [-0.2, 0) is 9.53 Å². The topological polar surface area (TPSA) is 89.6 Å². The van der Waals surface area contributed by atoms with Crippen molar-refractivity contribution in [2.24, 2.45) is 11.7 Å². The van der Waals surface area contributed by atoms with Gasteiger partial charge >= 0.3 is 6.16 Å². The minimum atomic E-state index is -1.28. The predicted octanol–water partition coefficient (Wildman–Crippen LogP) is 1.67. The van der Waals surface area contributed by atoms with Crippen molar-refractivity contribution in [2.45, 2.75) is 38.2 Å². The molecule has 2 unspecified atom stereocenters. The van der Waals surface area contributed by atoms with Gasteiger partial charge < -0.3 is 15.6 Å². The molecule has 1 rings (SSSR count). The van der Waals surface area contributed by atoms with Crippen LogP contribution in [0, 0.1) is 5.92 Å². The number of hydrogen-bond donors (Lipinski definition) is 2. The monoisotopic (exact) mass is 227 g/mol. The number of carbonyl (C=O) groups is 2. The van der Waals surface area contributed by atoms with Crippen LogP contribution in [-0.4, -0.2) is 23.3 Å². The molecule has 1 aliphatic carbocycles. The number of allylic oxidation sites excluding steroid dienone is 1. The minimum absolute atomic E-state index is 0.117. The number of rotatable bonds is 3. The van der Waals surface area contributed by atoms with Crippen LogP contribution in [0.3, 0.4) is 0 Å². The van der Waals surface area contributed by atoms with Crippen molar-refractivity contribution in [3.63, 3.8) is 0 Å². The second-order valence-corrected chi connectivity index (χ2v) is 4.05. The Labute approximate surface area is 94.3 Å². The average molecular weight is 227 g/mol. The molecule has 0 saturated heterocycles. The molecule has 1 amide bonds. The molecule has 2 atom stereocenters. The van der Waals surface area contributed by atoms with Gasteiger partial charge in [-0.1, -0.05) is 6.08 Å². The van der Waals surface area contributed by atoms with Gasteiger partial charge in [-0.2, -0.15) is 0 Å². The van der Waals surface area contributed by atoms with Crippen molar-refractivity contribution in [2.75, 3.05) is 0 Å². The minimum Gasteiger partial charge on any atom is -0.450 e. The van der Waals surface area contributed by atoms with E-state index >= 15 is 0 Å². The van der Waals surface area contributed by atoms with E-state index in [1.807, 2.05) is 6.08 Å². The fraction of sp³-hybridized carbons (Fsp3) is 0.636. The highest BCUT2D eigenvalue weighted by Gasteiger charge is 2.20. The van der Waals surface area contributed by atoms with Gasteiger partial charge in [-0.05, 0) is 37.7 Å². The Bertz CT molecular complexity index is 288. The van der Waals surface area contributed by atoms with E-state index in [1.165, 1.54) is 0 Å². The van der Waals surface area contributed by atoms with Crippen LogP contribution in [0.25, 0.3) is 0 Å². The Hall–Kier alpha value is -1.52. The SMILES string of the molecule is NC(=O)CC1CCCC=CC(OC(=O)O)C1. The van der Waals surface area contributed by atoms with Crippen LogP contribution in [0.1, 0.15) is 32.1 Å². The van der Waals surface area contributed by atoms with Crippen molar-refractivity contribution < 1.29 is 19.4 Å². The molecule has 5 nitrogen and oxygen atoms in total. The van der Waals surface area contributed by atoms with Crippen LogP contribution < -0.4 is 5.73 Å². The first-order valence-corrected chi connectivity index (χ1v) is 5.42. The van der Waals surface area contributed by atoms with Crippen molar-refractivity contribution in [1.29, 1.82) is 0 Å². The fourth-order valence-electron chi connectivity index (χ4n) is 1.98. The first-order chi connectivity index (χ1) is 7.58. The number of nitrogens with two attached hydrogens (primary N) is 1. The lowest BCUT2D eigenvalue weighted by Gasteiger charge is -2.21. The lowest BCUT2D eigenvalue weighted by Crippen LogP contribution is -2.23. The summed E-state index contributed by atoms with van der Waals surface area (Å²) in [5.41, 5.74) is 5.15. The first kappa shape index (κ1) is 12.5. The van der Waals surface area contributed by atoms with Gasteiger partial charge in [0.15, 0.2) is 0 Å². The third-order valence-electron chi connectivity index (χ3n) is 2.64. The molecule has 0 radical (unpaired) electrons. The summed E-state index contributed by atoms with van der Waals surface area (Å²) in [4.78, 5) is 21.3. The third kappa shape index (κ3) is 4.82. The maximum absolute atomic E-state index is 10.8. The predicted molar refractivity (Wildman–Crippen MR) is 57.8 cm³/mol. The Morgan fingerprint density at radius 1 is 1.50 bits per heavy atom. The van der Waals surface area contributed by atoms with Gasteiger partial charge in [0.25, 0.3) is 0 Å². The van der Waals surface area contributed by atoms with Crippen molar-refractivity contribution in [3.05, 3.63) is 12.2 Å². The molecule has 0 spiro atoms. The molecule has 0 aliphatic heterocycles. The highest BCUT2D eigenvalue weighted by Crippen LogP contribution is 2.23. The highest BCUT2D eigenvalue weighted by molar-refractivity contribution is 5.74. The molecule has 0 heterocycles. The molecule has 0 aromatic rings. The quantitative estimate of drug-likeness (QED) is 0.567. The lowest BCUT2D eigenvalue weighted by atomic mass is 9.90. The number of amides is 1. The van der Waals surface area contributed by atoms with Gasteiger partial charge in [-0.25, -0.2) is 4.79 Å². The Kier molecular flexibility index (Phi) is 4.82. The highest BCUT2D eigenvalue weighted by atomic mass is 16.7. The summed E-state index contributed by atoms with van der Waals surface area (Å²) in [6, 6.07) is 0. The van der Waals surface area contributed by atoms with Crippen LogP contribution in [0.4, 0.5) is 4.79 Å². The maximum atomic E-state index is 10.8. The van der Waals surface area contributed by atoms with Gasteiger partial charge in [0, 0.05) is 6.42 Å². The van der Waals surface area contributed by atoms with E-state index in [1.54, 1.807) is 6.08 Å². The standard InChI is InChI=1S/C11H17NO4/c12-10(13)7-8-4-2-1-3-5-9(6-8)16-11(14)15/h3,5,8-9H,1-2,4,6-7H2,(H2,12,13)(H,14,15). The molecule has 5 heteroatoms. The number of ether oxygens (including phenoxy) is 1. The van der Waals surface area contributed by atoms with Gasteiger partial charge in [0.05, 0.1) is 0 Å². The molecule has 0 bridgehead atoms. The van der Waals surface area contributed by atoms with Crippen LogP contribution in [0.2, 0.25) is 0 Å². The molecule has 0 aromatic carbocycles. The van der Waals surface area contributed by atoms with Crippen LogP contribution >= 0.6 is 0 Å². The Balaban J connectivity index is 2.56. The summed E-state index contributed by atoms with van der Waals surface area (Å²) in [7, 11) is 0. The van der Waals surface area contributed by atoms with E-state index in [2.05, 4.69) is 0 Å². The molecule has 0 fully saturated rings. The largest absolute Gasteiger partial charge is 0.506 e. The molecule has 3 N–H and O–H groups in total. The smallest absolute Gasteiger partial charge is 0.450 e. The van der Waals surface area contributed by atoms with Crippen molar-refractivity contribution >= 4 is 12.1 Å². The van der Waals surface area contributed by atoms with E-state index in [9.17, 15) is 9.59 Å². The van der Waals surface area contributed by atoms with E-state index in [0.717, 1.165) is 19.3 Å². The van der Waals surface area contributed by atoms with Crippen molar-refractivity contribution in [3.8, 4) is 0 Å². The lowest BCUT2D eigenvalue weighted by molar-refractivity contribution is -0.119. The average Bonchev–Trinajstić information content (AvgIpc) is 2.10. The summed E-state index contributed by atoms with van der Waals surface area (Å²) >= 11 is 0. The summed E-state index contributed by atoms with van der Waals surface area (Å²) in [6.07, 6.45) is 5.53. The zero-order chi connectivity index (χ0) is 12.0. The second-order valence-electron chi connectivity index (χ2n) is 4.05. The maximum Gasteiger partial charge on any atom is 0.506 e. The number of carboxylic acid groups (broad SMARTS) is 1. The Morgan fingerprint density at radius 2 is 2.25 bits per heavy atom. The molecule has 1 aliphatic rings. The van der Waals surface area contributed by atoms with E-state index in [-0.39, 0.29) is 11.8 Å². The molecule has 0 aromatic heterocycles. The zero-order valence-electron chi connectivity index (χ0n) is 9.09. The molecule has 16 heavy (non-hydrogen) atoms. The van der Waals surface area contributed by atoms with E-state index in [4.69, 9.17) is 15.6 Å². The molecular weight excluding hydrogens is 210 g/mol. The van der Waals surface area contributed by atoms with Crippen LogP contribution in [0.5, 0.6) is 0 Å². The summed E-state index contributed by atoms with van der Waals surface area (Å²) in [6.45, 7) is 0. The number of primary amides is 1. The number of hydrogen-bond acceptors (Lipinski definition) is 3. The zero-order valence-corrected chi connectivity index (χ0v) is 9.09. The normalized spacial score (nSPS) is 25.5. The van der Waals surface area contributed by atoms with Gasteiger partial charge in [-0.15, -0.1) is 0 Å². The number of carbonyl (C=O) groups excluding carboxylic acids is 1. The van der Waals surface area contributed by atoms with Crippen LogP contribution in [0.15, 0.2) is 12.2 Å². The molecule has 0 saturated carbocycles. The van der Waals surface area contributed by atoms with E-state index in [0.29, 0.717) is 12.8 Å². The molecule has 90 valence electrons. The first-order valence-electron chi connectivity index (χ1n) is 5.42. The fourth-order valence-corrected chi connectivity index (χ4v) is 1.98. The summed E-state index contributed by atoms with van der Waals surface area (Å²) < 4.78 is 4.72.